The van der Waals surface area contributed by atoms with Crippen LogP contribution in [0.15, 0.2) is 182 Å². The van der Waals surface area contributed by atoms with E-state index in [1.807, 2.05) is 0 Å². The van der Waals surface area contributed by atoms with Crippen molar-refractivity contribution in [2.24, 2.45) is 0 Å². The molecule has 15 nitrogen and oxygen atoms in total. The Balaban J connectivity index is 1.17. The Hall–Kier alpha value is -10.8. The highest BCUT2D eigenvalue weighted by Crippen LogP contribution is 2.74. The number of phenols is 14. The van der Waals surface area contributed by atoms with Crippen molar-refractivity contribution in [1.82, 2.24) is 0 Å². The molecule has 1 heterocycles. The fourth-order valence-electron chi connectivity index (χ4n) is 15.2. The second-order valence-corrected chi connectivity index (χ2v) is 22.8. The summed E-state index contributed by atoms with van der Waals surface area (Å²) in [6.07, 6.45) is -0.943. The van der Waals surface area contributed by atoms with Gasteiger partial charge in [0.05, 0.1) is 5.92 Å². The van der Waals surface area contributed by atoms with Gasteiger partial charge in [0.25, 0.3) is 0 Å². The molecule has 10 unspecified atom stereocenters. The lowest BCUT2D eigenvalue weighted by atomic mass is 9.61. The van der Waals surface area contributed by atoms with Gasteiger partial charge in [-0.15, -0.1) is 0 Å². The van der Waals surface area contributed by atoms with E-state index >= 15 is 0 Å². The first-order valence-corrected chi connectivity index (χ1v) is 27.6. The normalized spacial score (nSPS) is 22.4. The molecule has 4 aliphatic rings. The summed E-state index contributed by atoms with van der Waals surface area (Å²) in [6.45, 7) is 0. The quantitative estimate of drug-likeness (QED) is 0.0673. The van der Waals surface area contributed by atoms with Crippen LogP contribution in [0.4, 0.5) is 0 Å². The van der Waals surface area contributed by atoms with E-state index in [1.165, 1.54) is 115 Å². The van der Waals surface area contributed by atoms with Gasteiger partial charge in [0.15, 0.2) is 0 Å². The van der Waals surface area contributed by atoms with Gasteiger partial charge in [-0.25, -0.2) is 0 Å². The zero-order valence-corrected chi connectivity index (χ0v) is 44.8. The molecular weight excluding hydrogens is 1080 g/mol. The smallest absolute Gasteiger partial charge is 0.135 e. The topological polar surface area (TPSA) is 292 Å². The first kappa shape index (κ1) is 52.3. The van der Waals surface area contributed by atoms with Crippen LogP contribution in [0, 0.1) is 0 Å². The third kappa shape index (κ3) is 8.32. The van der Waals surface area contributed by atoms with Gasteiger partial charge in [0, 0.05) is 105 Å². The average molecular weight is 1140 g/mol. The van der Waals surface area contributed by atoms with E-state index in [2.05, 4.69) is 0 Å². The molecule has 10 aromatic rings. The molecule has 0 fully saturated rings. The van der Waals surface area contributed by atoms with Crippen LogP contribution in [-0.4, -0.2) is 71.5 Å². The van der Waals surface area contributed by atoms with Gasteiger partial charge in [0.2, 0.25) is 0 Å². The molecule has 0 radical (unpaired) electrons. The standard InChI is InChI=1S/C70H54O15/c71-38-11-1-31(2-12-38)54-58(36-21-43(76)25-44(77)22-36)65-52(84)30-51(83)64-57(34-7-17-41(74)18-8-34)67-61(48-27-47(80)28-53-60(48)59(37-23-45(78)26-46(79)24-37)70(85-53)35-9-19-42(75)20-10-35)55(32-3-13-39(72)14-4-32)62-49(81)29-50(82)63(69(62)67)56(66(54)68(64)65)33-5-15-40(73)16-6-33/h1-30,54-59,61,66-67,70-84H. The predicted octanol–water partition coefficient (Wildman–Crippen LogP) is 12.8. The van der Waals surface area contributed by atoms with Gasteiger partial charge < -0.3 is 76.2 Å². The van der Waals surface area contributed by atoms with E-state index in [-0.39, 0.29) is 103 Å². The van der Waals surface area contributed by atoms with Crippen molar-refractivity contribution in [1.29, 1.82) is 0 Å². The fraction of sp³-hybridized carbons (Fsp3) is 0.143. The average Bonchev–Trinajstić information content (AvgIpc) is 1.62. The van der Waals surface area contributed by atoms with Gasteiger partial charge in [-0.3, -0.25) is 0 Å². The third-order valence-electron chi connectivity index (χ3n) is 18.1. The second-order valence-electron chi connectivity index (χ2n) is 22.8. The number of benzene rings is 10. The Bertz CT molecular complexity index is 4280. The van der Waals surface area contributed by atoms with Crippen LogP contribution in [0.5, 0.6) is 86.2 Å². The molecular formula is C70H54O15. The summed E-state index contributed by atoms with van der Waals surface area (Å²) < 4.78 is 6.96. The minimum absolute atomic E-state index is 0.0226. The summed E-state index contributed by atoms with van der Waals surface area (Å²) >= 11 is 0. The first-order chi connectivity index (χ1) is 40.9. The van der Waals surface area contributed by atoms with Gasteiger partial charge in [0.1, 0.15) is 92.3 Å². The van der Waals surface area contributed by atoms with Crippen molar-refractivity contribution in [3.8, 4) is 86.2 Å². The Labute approximate surface area is 485 Å². The minimum Gasteiger partial charge on any atom is -0.508 e. The molecule has 0 bridgehead atoms. The highest BCUT2D eigenvalue weighted by Gasteiger charge is 2.59. The zero-order chi connectivity index (χ0) is 59.0. The lowest BCUT2D eigenvalue weighted by molar-refractivity contribution is 0.221. The number of aromatic hydroxyl groups is 14. The van der Waals surface area contributed by atoms with Crippen LogP contribution >= 0.6 is 0 Å². The summed E-state index contributed by atoms with van der Waals surface area (Å²) in [5.74, 6) is -12.0. The maximum atomic E-state index is 13.3. The van der Waals surface area contributed by atoms with Gasteiger partial charge in [-0.05, 0) is 147 Å². The Morgan fingerprint density at radius 1 is 0.212 bits per heavy atom. The fourth-order valence-corrected chi connectivity index (χ4v) is 15.2. The maximum absolute atomic E-state index is 13.3. The highest BCUT2D eigenvalue weighted by atomic mass is 16.5. The van der Waals surface area contributed by atoms with E-state index in [0.717, 1.165) is 0 Å². The molecule has 0 aromatic heterocycles. The van der Waals surface area contributed by atoms with E-state index in [1.54, 1.807) is 66.7 Å². The summed E-state index contributed by atoms with van der Waals surface area (Å²) in [4.78, 5) is 0. The molecule has 14 rings (SSSR count). The molecule has 0 amide bonds. The maximum Gasteiger partial charge on any atom is 0.135 e. The summed E-state index contributed by atoms with van der Waals surface area (Å²) in [7, 11) is 0. The summed E-state index contributed by atoms with van der Waals surface area (Å²) in [6, 6.07) is 46.0. The van der Waals surface area contributed by atoms with Crippen molar-refractivity contribution in [2.45, 2.75) is 59.4 Å². The monoisotopic (exact) mass is 1130 g/mol. The Morgan fingerprint density at radius 3 is 0.906 bits per heavy atom. The lowest BCUT2D eigenvalue weighted by Gasteiger charge is -2.42. The third-order valence-corrected chi connectivity index (χ3v) is 18.1. The van der Waals surface area contributed by atoms with Crippen molar-refractivity contribution in [3.63, 3.8) is 0 Å². The summed E-state index contributed by atoms with van der Waals surface area (Å²) in [5.41, 5.74) is 6.31. The molecule has 3 aliphatic carbocycles. The second kappa shape index (κ2) is 19.4. The van der Waals surface area contributed by atoms with Crippen molar-refractivity contribution in [3.05, 3.63) is 265 Å². The van der Waals surface area contributed by atoms with Crippen molar-refractivity contribution in [2.75, 3.05) is 0 Å². The van der Waals surface area contributed by atoms with Crippen LogP contribution in [0.25, 0.3) is 0 Å². The predicted molar refractivity (Wildman–Crippen MR) is 311 cm³/mol. The summed E-state index contributed by atoms with van der Waals surface area (Å²) in [5, 5.41) is 165. The van der Waals surface area contributed by atoms with E-state index in [0.29, 0.717) is 66.8 Å². The van der Waals surface area contributed by atoms with Crippen LogP contribution in [0.1, 0.15) is 143 Å². The molecule has 0 spiro atoms. The molecule has 15 heteroatoms. The van der Waals surface area contributed by atoms with E-state index in [9.17, 15) is 71.5 Å². The lowest BCUT2D eigenvalue weighted by Crippen LogP contribution is -2.28. The molecule has 10 atom stereocenters. The number of fused-ring (bicyclic) bond motifs is 1. The van der Waals surface area contributed by atoms with Crippen molar-refractivity contribution >= 4 is 0 Å². The van der Waals surface area contributed by atoms with Crippen LogP contribution < -0.4 is 4.74 Å². The van der Waals surface area contributed by atoms with Crippen LogP contribution in [-0.2, 0) is 0 Å². The molecule has 10 aromatic carbocycles. The Kier molecular flexibility index (Phi) is 11.9. The first-order valence-electron chi connectivity index (χ1n) is 27.6. The number of hydrogen-bond acceptors (Lipinski definition) is 15. The number of hydrogen-bond donors (Lipinski definition) is 14. The molecule has 424 valence electrons. The number of phenolic OH excluding ortho intramolecular Hbond substituents is 14. The van der Waals surface area contributed by atoms with Crippen LogP contribution in [0.2, 0.25) is 0 Å². The number of rotatable bonds is 8. The zero-order valence-electron chi connectivity index (χ0n) is 44.8. The van der Waals surface area contributed by atoms with Gasteiger partial charge in [-0.1, -0.05) is 60.7 Å². The SMILES string of the molecule is Oc1ccc(C2Oc3cc(O)cc(C4C(c5ccc(O)cc5)c5c(O)cc(O)c6c5C4C(c4ccc(O)cc4)c4c(O)cc(O)c5c4C(C6c4ccc(O)cc4)C(c4ccc(O)cc4)C5c4cc(O)cc(O)c4)c3C2c2cc(O)cc(O)c2)cc1. The van der Waals surface area contributed by atoms with Gasteiger partial charge >= 0.3 is 0 Å². The Morgan fingerprint density at radius 2 is 0.518 bits per heavy atom. The molecule has 0 saturated carbocycles. The minimum atomic E-state index is -1.13. The molecule has 14 N–H and O–H groups in total. The molecule has 1 aliphatic heterocycles. The number of ether oxygens (including phenoxy) is 1. The molecule has 85 heavy (non-hydrogen) atoms. The van der Waals surface area contributed by atoms with Crippen LogP contribution in [0.3, 0.4) is 0 Å². The van der Waals surface area contributed by atoms with E-state index in [4.69, 9.17) is 4.74 Å². The van der Waals surface area contributed by atoms with E-state index < -0.39 is 59.4 Å². The van der Waals surface area contributed by atoms with Crippen molar-refractivity contribution < 1.29 is 76.2 Å². The molecule has 0 saturated heterocycles. The largest absolute Gasteiger partial charge is 0.508 e. The highest BCUT2D eigenvalue weighted by molar-refractivity contribution is 5.75. The van der Waals surface area contributed by atoms with Gasteiger partial charge in [-0.2, -0.15) is 0 Å².